The maximum absolute atomic E-state index is 12.3. The predicted octanol–water partition coefficient (Wildman–Crippen LogP) is 3.68. The van der Waals surface area contributed by atoms with Gasteiger partial charge in [-0.2, -0.15) is 0 Å². The zero-order valence-corrected chi connectivity index (χ0v) is 16.1. The second-order valence-electron chi connectivity index (χ2n) is 6.54. The molecule has 0 aliphatic rings. The second-order valence-corrected chi connectivity index (χ2v) is 6.95. The normalized spacial score (nSPS) is 10.8. The van der Waals surface area contributed by atoms with Crippen LogP contribution in [0.4, 0.5) is 5.69 Å². The molecular formula is C20H18ClN3O4. The van der Waals surface area contributed by atoms with Crippen molar-refractivity contribution in [2.24, 2.45) is 0 Å². The minimum Gasteiger partial charge on any atom is -0.352 e. The first kappa shape index (κ1) is 19.6. The molecule has 7 nitrogen and oxygen atoms in total. The number of carbonyl (C=O) groups excluding carboxylic acids is 1. The number of fused-ring (bicyclic) bond motifs is 1. The highest BCUT2D eigenvalue weighted by Crippen LogP contribution is 2.25. The lowest BCUT2D eigenvalue weighted by molar-refractivity contribution is -0.384. The van der Waals surface area contributed by atoms with Gasteiger partial charge in [0.25, 0.3) is 17.2 Å². The van der Waals surface area contributed by atoms with Gasteiger partial charge >= 0.3 is 0 Å². The van der Waals surface area contributed by atoms with Crippen molar-refractivity contribution in [2.75, 3.05) is 6.54 Å². The van der Waals surface area contributed by atoms with Gasteiger partial charge in [0.15, 0.2) is 0 Å². The van der Waals surface area contributed by atoms with Crippen molar-refractivity contribution < 1.29 is 9.72 Å². The molecule has 28 heavy (non-hydrogen) atoms. The van der Waals surface area contributed by atoms with Gasteiger partial charge in [-0.1, -0.05) is 23.7 Å². The molecule has 0 radical (unpaired) electrons. The average Bonchev–Trinajstić information content (AvgIpc) is 2.65. The molecule has 3 rings (SSSR count). The van der Waals surface area contributed by atoms with Crippen molar-refractivity contribution in [1.82, 2.24) is 10.3 Å². The Labute approximate surface area is 165 Å². The Kier molecular flexibility index (Phi) is 5.46. The molecule has 1 amide bonds. The maximum atomic E-state index is 12.3. The number of aromatic amines is 1. The van der Waals surface area contributed by atoms with Crippen LogP contribution in [0.5, 0.6) is 0 Å². The summed E-state index contributed by atoms with van der Waals surface area (Å²) in [5.41, 5.74) is 3.02. The van der Waals surface area contributed by atoms with E-state index in [4.69, 9.17) is 11.6 Å². The Morgan fingerprint density at radius 2 is 1.89 bits per heavy atom. The lowest BCUT2D eigenvalue weighted by Crippen LogP contribution is -2.27. The monoisotopic (exact) mass is 399 g/mol. The maximum Gasteiger partial charge on any atom is 0.288 e. The van der Waals surface area contributed by atoms with E-state index in [0.29, 0.717) is 12.0 Å². The quantitative estimate of drug-likeness (QED) is 0.504. The van der Waals surface area contributed by atoms with Crippen molar-refractivity contribution in [1.29, 1.82) is 0 Å². The van der Waals surface area contributed by atoms with Gasteiger partial charge in [-0.25, -0.2) is 0 Å². The number of nitrogens with zero attached hydrogens (tertiary/aromatic N) is 1. The van der Waals surface area contributed by atoms with Gasteiger partial charge in [0.2, 0.25) is 0 Å². The molecule has 0 aliphatic carbocycles. The lowest BCUT2D eigenvalue weighted by atomic mass is 10.0. The molecule has 0 atom stereocenters. The molecule has 0 saturated heterocycles. The summed E-state index contributed by atoms with van der Waals surface area (Å²) in [5, 5.41) is 14.6. The number of benzene rings is 2. The van der Waals surface area contributed by atoms with Crippen molar-refractivity contribution in [3.8, 4) is 0 Å². The Balaban J connectivity index is 1.75. The van der Waals surface area contributed by atoms with Gasteiger partial charge < -0.3 is 10.3 Å². The van der Waals surface area contributed by atoms with E-state index in [1.807, 2.05) is 32.0 Å². The summed E-state index contributed by atoms with van der Waals surface area (Å²) in [4.78, 5) is 37.8. The fraction of sp³-hybridized carbons (Fsp3) is 0.200. The molecule has 0 unspecified atom stereocenters. The number of rotatable bonds is 5. The fourth-order valence-corrected chi connectivity index (χ4v) is 3.20. The first-order valence-corrected chi connectivity index (χ1v) is 9.00. The zero-order chi connectivity index (χ0) is 20.4. The fourth-order valence-electron chi connectivity index (χ4n) is 3.01. The third kappa shape index (κ3) is 3.89. The summed E-state index contributed by atoms with van der Waals surface area (Å²) in [7, 11) is 0. The van der Waals surface area contributed by atoms with E-state index in [1.165, 1.54) is 12.1 Å². The minimum absolute atomic E-state index is 0.0325. The first-order valence-electron chi connectivity index (χ1n) is 8.62. The predicted molar refractivity (Wildman–Crippen MR) is 108 cm³/mol. The number of nitro groups is 1. The highest BCUT2D eigenvalue weighted by atomic mass is 35.5. The summed E-state index contributed by atoms with van der Waals surface area (Å²) in [5.74, 6) is -0.469. The van der Waals surface area contributed by atoms with E-state index in [0.717, 1.165) is 28.1 Å². The summed E-state index contributed by atoms with van der Waals surface area (Å²) in [6.45, 7) is 4.12. The number of hydrogen-bond donors (Lipinski definition) is 2. The third-order valence-electron chi connectivity index (χ3n) is 4.61. The summed E-state index contributed by atoms with van der Waals surface area (Å²) < 4.78 is 0. The number of halogens is 1. The van der Waals surface area contributed by atoms with Crippen LogP contribution in [0.25, 0.3) is 10.9 Å². The van der Waals surface area contributed by atoms with E-state index in [-0.39, 0.29) is 28.4 Å². The first-order chi connectivity index (χ1) is 13.3. The van der Waals surface area contributed by atoms with Crippen LogP contribution < -0.4 is 10.9 Å². The number of carbonyl (C=O) groups is 1. The number of pyridine rings is 1. The van der Waals surface area contributed by atoms with Gasteiger partial charge in [0, 0.05) is 29.1 Å². The molecule has 2 N–H and O–H groups in total. The van der Waals surface area contributed by atoms with Gasteiger partial charge in [-0.05, 0) is 49.6 Å². The lowest BCUT2D eigenvalue weighted by Gasteiger charge is -2.09. The van der Waals surface area contributed by atoms with Gasteiger partial charge in [0.1, 0.15) is 5.02 Å². The van der Waals surface area contributed by atoms with Gasteiger partial charge in [-0.3, -0.25) is 19.7 Å². The third-order valence-corrected chi connectivity index (χ3v) is 4.93. The van der Waals surface area contributed by atoms with Crippen LogP contribution in [-0.4, -0.2) is 22.4 Å². The Bertz CT molecular complexity index is 1150. The summed E-state index contributed by atoms with van der Waals surface area (Å²) >= 11 is 5.76. The van der Waals surface area contributed by atoms with Crippen LogP contribution in [0.2, 0.25) is 5.02 Å². The number of hydrogen-bond acceptors (Lipinski definition) is 4. The molecule has 1 aromatic heterocycles. The smallest absolute Gasteiger partial charge is 0.288 e. The van der Waals surface area contributed by atoms with Gasteiger partial charge in [-0.15, -0.1) is 0 Å². The summed E-state index contributed by atoms with van der Waals surface area (Å²) in [6.07, 6.45) is 0.333. The van der Waals surface area contributed by atoms with E-state index in [2.05, 4.69) is 10.3 Å². The van der Waals surface area contributed by atoms with E-state index in [9.17, 15) is 19.7 Å². The van der Waals surface area contributed by atoms with Crippen LogP contribution in [0.1, 0.15) is 27.0 Å². The number of nitro benzene ring substituents is 1. The Hall–Kier alpha value is -3.19. The zero-order valence-electron chi connectivity index (χ0n) is 15.3. The summed E-state index contributed by atoms with van der Waals surface area (Å²) in [6, 6.07) is 9.66. The van der Waals surface area contributed by atoms with Crippen molar-refractivity contribution in [3.63, 3.8) is 0 Å². The molecule has 0 bridgehead atoms. The van der Waals surface area contributed by atoms with Crippen LogP contribution in [0.3, 0.4) is 0 Å². The van der Waals surface area contributed by atoms with Gasteiger partial charge in [0.05, 0.1) is 10.4 Å². The Morgan fingerprint density at radius 3 is 2.61 bits per heavy atom. The molecule has 144 valence electrons. The van der Waals surface area contributed by atoms with Crippen LogP contribution in [0, 0.1) is 24.0 Å². The average molecular weight is 400 g/mol. The SMILES string of the molecule is Cc1ccc(C)c2[nH]c(=O)c(CCNC(=O)c3ccc(Cl)c([N+](=O)[O-])c3)cc12. The van der Waals surface area contributed by atoms with Crippen LogP contribution in [-0.2, 0) is 6.42 Å². The van der Waals surface area contributed by atoms with E-state index in [1.54, 1.807) is 0 Å². The topological polar surface area (TPSA) is 105 Å². The van der Waals surface area contributed by atoms with Crippen molar-refractivity contribution >= 4 is 34.1 Å². The molecule has 3 aromatic rings. The van der Waals surface area contributed by atoms with Crippen molar-refractivity contribution in [2.45, 2.75) is 20.3 Å². The standard InChI is InChI=1S/C20H18ClN3O4/c1-11-3-4-12(2)18-15(11)9-14(20(26)23-18)7-8-22-19(25)13-5-6-16(21)17(10-13)24(27)28/h3-6,9-10H,7-8H2,1-2H3,(H,22,25)(H,23,26). The Morgan fingerprint density at radius 1 is 1.18 bits per heavy atom. The molecule has 0 saturated carbocycles. The molecule has 0 spiro atoms. The number of amides is 1. The highest BCUT2D eigenvalue weighted by Gasteiger charge is 2.16. The van der Waals surface area contributed by atoms with Crippen molar-refractivity contribution in [3.05, 3.63) is 84.1 Å². The minimum atomic E-state index is -0.641. The highest BCUT2D eigenvalue weighted by molar-refractivity contribution is 6.32. The number of aromatic nitrogens is 1. The van der Waals surface area contributed by atoms with Crippen LogP contribution in [0.15, 0.2) is 41.2 Å². The number of aryl methyl sites for hydroxylation is 2. The number of H-pyrrole nitrogens is 1. The largest absolute Gasteiger partial charge is 0.352 e. The molecule has 0 fully saturated rings. The molecule has 2 aromatic carbocycles. The molecule has 1 heterocycles. The van der Waals surface area contributed by atoms with E-state index >= 15 is 0 Å². The van der Waals surface area contributed by atoms with E-state index < -0.39 is 10.8 Å². The number of nitrogens with one attached hydrogen (secondary N) is 2. The van der Waals surface area contributed by atoms with Crippen LogP contribution >= 0.6 is 11.6 Å². The molecule has 0 aliphatic heterocycles. The molecule has 8 heteroatoms. The second kappa shape index (κ2) is 7.82. The molecular weight excluding hydrogens is 382 g/mol.